The van der Waals surface area contributed by atoms with E-state index in [9.17, 15) is 8.78 Å². The fourth-order valence-electron chi connectivity index (χ4n) is 6.54. The van der Waals surface area contributed by atoms with Crippen molar-refractivity contribution in [3.05, 3.63) is 41.2 Å². The Labute approximate surface area is 195 Å². The van der Waals surface area contributed by atoms with Gasteiger partial charge >= 0.3 is 0 Å². The highest BCUT2D eigenvalue weighted by Crippen LogP contribution is 2.44. The molecule has 0 bridgehead atoms. The van der Waals surface area contributed by atoms with Crippen LogP contribution >= 0.6 is 0 Å². The summed E-state index contributed by atoms with van der Waals surface area (Å²) in [6.07, 6.45) is 12.7. The van der Waals surface area contributed by atoms with Crippen molar-refractivity contribution in [1.29, 1.82) is 0 Å². The maximum absolute atomic E-state index is 14.2. The van der Waals surface area contributed by atoms with Gasteiger partial charge in [-0.15, -0.1) is 10.2 Å². The Morgan fingerprint density at radius 2 is 1.55 bits per heavy atom. The lowest BCUT2D eigenvalue weighted by molar-refractivity contribution is 0.208. The second-order valence-corrected chi connectivity index (χ2v) is 10.3. The fourth-order valence-corrected chi connectivity index (χ4v) is 6.54. The molecule has 1 aromatic heterocycles. The Kier molecular flexibility index (Phi) is 6.84. The van der Waals surface area contributed by atoms with E-state index in [0.29, 0.717) is 24.0 Å². The van der Waals surface area contributed by atoms with Crippen LogP contribution in [0.5, 0.6) is 0 Å². The van der Waals surface area contributed by atoms with Gasteiger partial charge < -0.3 is 0 Å². The molecule has 0 spiro atoms. The van der Waals surface area contributed by atoms with E-state index in [1.807, 2.05) is 6.92 Å². The predicted molar refractivity (Wildman–Crippen MR) is 124 cm³/mol. The van der Waals surface area contributed by atoms with Crippen molar-refractivity contribution >= 4 is 5.71 Å². The number of aliphatic imine (C=N–C) groups is 1. The molecule has 3 unspecified atom stereocenters. The Bertz CT molecular complexity index is 959. The van der Waals surface area contributed by atoms with Gasteiger partial charge in [-0.25, -0.2) is 8.78 Å². The van der Waals surface area contributed by atoms with Crippen LogP contribution in [0.3, 0.4) is 0 Å². The molecule has 0 saturated heterocycles. The first-order valence-corrected chi connectivity index (χ1v) is 12.9. The molecule has 1 aromatic carbocycles. The summed E-state index contributed by atoms with van der Waals surface area (Å²) >= 11 is 0. The fraction of sp³-hybridized carbons (Fsp3) is 0.692. The molecule has 3 aliphatic rings. The van der Waals surface area contributed by atoms with Crippen LogP contribution in [-0.4, -0.2) is 32.0 Å². The first-order chi connectivity index (χ1) is 16.1. The van der Waals surface area contributed by atoms with Crippen LogP contribution < -0.4 is 0 Å². The van der Waals surface area contributed by atoms with Crippen molar-refractivity contribution in [3.63, 3.8) is 0 Å². The summed E-state index contributed by atoms with van der Waals surface area (Å²) in [7, 11) is 0. The lowest BCUT2D eigenvalue weighted by Crippen LogP contribution is -2.22. The van der Waals surface area contributed by atoms with E-state index in [1.165, 1.54) is 76.0 Å². The first kappa shape index (κ1) is 22.6. The summed E-state index contributed by atoms with van der Waals surface area (Å²) < 4.78 is 28.4. The van der Waals surface area contributed by atoms with Crippen LogP contribution in [0.15, 0.2) is 23.2 Å². The Morgan fingerprint density at radius 3 is 2.27 bits per heavy atom. The first-order valence-electron chi connectivity index (χ1n) is 12.9. The van der Waals surface area contributed by atoms with Crippen LogP contribution in [0, 0.1) is 29.4 Å². The van der Waals surface area contributed by atoms with E-state index in [2.05, 4.69) is 15.4 Å². The quantitative estimate of drug-likeness (QED) is 0.513. The van der Waals surface area contributed by atoms with Crippen LogP contribution in [0.4, 0.5) is 8.78 Å². The van der Waals surface area contributed by atoms with Crippen molar-refractivity contribution in [3.8, 4) is 0 Å². The number of aromatic nitrogens is 4. The molecule has 7 heteroatoms. The molecular formula is C26H35F2N5. The van der Waals surface area contributed by atoms with Gasteiger partial charge in [-0.05, 0) is 99.8 Å². The molecule has 5 rings (SSSR count). The third-order valence-electron chi connectivity index (χ3n) is 8.41. The van der Waals surface area contributed by atoms with Crippen LogP contribution in [0.1, 0.15) is 94.9 Å². The van der Waals surface area contributed by atoms with Crippen molar-refractivity contribution in [2.24, 2.45) is 22.7 Å². The minimum atomic E-state index is -0.488. The van der Waals surface area contributed by atoms with Gasteiger partial charge in [0.1, 0.15) is 11.6 Å². The minimum absolute atomic E-state index is 0.0942. The normalized spacial score (nSPS) is 30.8. The van der Waals surface area contributed by atoms with E-state index in [0.717, 1.165) is 30.6 Å². The average molecular weight is 456 g/mol. The summed E-state index contributed by atoms with van der Waals surface area (Å²) in [5, 5.41) is 12.9. The average Bonchev–Trinajstić information content (AvgIpc) is 3.44. The number of hydrogen-bond donors (Lipinski definition) is 0. The molecule has 2 aliphatic carbocycles. The van der Waals surface area contributed by atoms with Gasteiger partial charge in [0.25, 0.3) is 0 Å². The molecule has 2 heterocycles. The van der Waals surface area contributed by atoms with E-state index < -0.39 is 11.6 Å². The highest BCUT2D eigenvalue weighted by molar-refractivity contribution is 6.02. The second-order valence-electron chi connectivity index (χ2n) is 10.3. The summed E-state index contributed by atoms with van der Waals surface area (Å²) in [5.41, 5.74) is 0.722. The van der Waals surface area contributed by atoms with Crippen molar-refractivity contribution in [1.82, 2.24) is 20.2 Å². The summed E-state index contributed by atoms with van der Waals surface area (Å²) in [5.74, 6) is 2.56. The van der Waals surface area contributed by atoms with Gasteiger partial charge in [-0.2, -0.15) is 4.80 Å². The molecule has 2 fully saturated rings. The second kappa shape index (κ2) is 9.98. The van der Waals surface area contributed by atoms with Crippen molar-refractivity contribution in [2.75, 3.05) is 0 Å². The number of benzene rings is 1. The lowest BCUT2D eigenvalue weighted by Gasteiger charge is -2.32. The Balaban J connectivity index is 1.16. The van der Waals surface area contributed by atoms with Crippen molar-refractivity contribution in [2.45, 2.75) is 96.1 Å². The molecule has 2 saturated carbocycles. The molecule has 0 amide bonds. The highest BCUT2D eigenvalue weighted by atomic mass is 19.1. The van der Waals surface area contributed by atoms with E-state index >= 15 is 0 Å². The third-order valence-corrected chi connectivity index (χ3v) is 8.41. The van der Waals surface area contributed by atoms with Crippen molar-refractivity contribution < 1.29 is 8.78 Å². The molecule has 0 radical (unpaired) electrons. The van der Waals surface area contributed by atoms with Crippen LogP contribution in [-0.2, 0) is 6.54 Å². The van der Waals surface area contributed by atoms with Crippen LogP contribution in [0.25, 0.3) is 0 Å². The van der Waals surface area contributed by atoms with Gasteiger partial charge in [0.15, 0.2) is 5.82 Å². The SMILES string of the molecule is CCn1nnc(C2CCC(C3CCCC(C4CCC(c5c(F)cccc5F)=N4)CC3)CC2)n1. The van der Waals surface area contributed by atoms with E-state index in [4.69, 9.17) is 4.99 Å². The zero-order chi connectivity index (χ0) is 22.8. The van der Waals surface area contributed by atoms with E-state index in [-0.39, 0.29) is 11.6 Å². The number of rotatable bonds is 5. The van der Waals surface area contributed by atoms with E-state index in [1.54, 1.807) is 4.80 Å². The monoisotopic (exact) mass is 455 g/mol. The minimum Gasteiger partial charge on any atom is -0.285 e. The number of tetrazole rings is 1. The lowest BCUT2D eigenvalue weighted by atomic mass is 9.73. The van der Waals surface area contributed by atoms with Crippen LogP contribution in [0.2, 0.25) is 0 Å². The van der Waals surface area contributed by atoms with Gasteiger partial charge in [-0.1, -0.05) is 18.9 Å². The standard InChI is InChI=1S/C26H35F2N5/c1-2-33-31-26(30-32-33)20-13-10-18(11-14-20)17-5-3-6-19(12-9-17)23-15-16-24(29-23)25-21(27)7-4-8-22(25)28/h4,7-8,17-20,23H,2-3,5-6,9-16H2,1H3. The summed E-state index contributed by atoms with van der Waals surface area (Å²) in [6, 6.07) is 4.31. The largest absolute Gasteiger partial charge is 0.285 e. The number of nitrogens with zero attached hydrogens (tertiary/aromatic N) is 5. The predicted octanol–water partition coefficient (Wildman–Crippen LogP) is 6.09. The molecule has 1 aliphatic heterocycles. The van der Waals surface area contributed by atoms with Gasteiger partial charge in [0.05, 0.1) is 18.2 Å². The molecule has 178 valence electrons. The molecule has 0 N–H and O–H groups in total. The molecule has 5 nitrogen and oxygen atoms in total. The zero-order valence-electron chi connectivity index (χ0n) is 19.6. The molecular weight excluding hydrogens is 420 g/mol. The number of aryl methyl sites for hydroxylation is 1. The van der Waals surface area contributed by atoms with Gasteiger partial charge in [-0.3, -0.25) is 4.99 Å². The maximum atomic E-state index is 14.2. The smallest absolute Gasteiger partial charge is 0.177 e. The summed E-state index contributed by atoms with van der Waals surface area (Å²) in [4.78, 5) is 6.54. The third kappa shape index (κ3) is 4.87. The number of halogens is 2. The molecule has 3 atom stereocenters. The topological polar surface area (TPSA) is 56.0 Å². The highest BCUT2D eigenvalue weighted by Gasteiger charge is 2.34. The Hall–Kier alpha value is -2.18. The van der Waals surface area contributed by atoms with Gasteiger partial charge in [0.2, 0.25) is 0 Å². The summed E-state index contributed by atoms with van der Waals surface area (Å²) in [6.45, 7) is 2.81. The number of hydrogen-bond acceptors (Lipinski definition) is 4. The maximum Gasteiger partial charge on any atom is 0.177 e. The van der Waals surface area contributed by atoms with Gasteiger partial charge in [0, 0.05) is 11.6 Å². The zero-order valence-corrected chi connectivity index (χ0v) is 19.6. The molecule has 2 aromatic rings. The Morgan fingerprint density at radius 1 is 0.879 bits per heavy atom. The molecule has 33 heavy (non-hydrogen) atoms.